The maximum atomic E-state index is 12.6. The molecule has 0 atom stereocenters. The van der Waals surface area contributed by atoms with E-state index in [1.807, 2.05) is 37.3 Å². The molecule has 0 amide bonds. The summed E-state index contributed by atoms with van der Waals surface area (Å²) in [6.07, 6.45) is 5.19. The maximum Gasteiger partial charge on any atom is 0.340 e. The second kappa shape index (κ2) is 10.2. The van der Waals surface area contributed by atoms with Crippen molar-refractivity contribution in [1.82, 2.24) is 14.9 Å². The summed E-state index contributed by atoms with van der Waals surface area (Å²) in [4.78, 5) is 12.6. The van der Waals surface area contributed by atoms with Gasteiger partial charge in [-0.2, -0.15) is 9.78 Å². The minimum Gasteiger partial charge on any atom is -0.494 e. The molecule has 7 nitrogen and oxygen atoms in total. The van der Waals surface area contributed by atoms with Gasteiger partial charge in [-0.1, -0.05) is 43.7 Å². The Hall–Kier alpha value is -2.61. The van der Waals surface area contributed by atoms with Crippen LogP contribution in [0.15, 0.2) is 40.1 Å². The summed E-state index contributed by atoms with van der Waals surface area (Å²) in [7, 11) is 0. The van der Waals surface area contributed by atoms with Gasteiger partial charge in [-0.3, -0.25) is 0 Å². The van der Waals surface area contributed by atoms with Gasteiger partial charge in [0.05, 0.1) is 24.5 Å². The number of hydrogen-bond donors (Lipinski definition) is 0. The van der Waals surface area contributed by atoms with Gasteiger partial charge in [0.15, 0.2) is 5.82 Å². The monoisotopic (exact) mass is 414 g/mol. The van der Waals surface area contributed by atoms with E-state index < -0.39 is 0 Å². The summed E-state index contributed by atoms with van der Waals surface area (Å²) < 4.78 is 12.7. The molecule has 0 saturated heterocycles. The molecule has 29 heavy (non-hydrogen) atoms. The van der Waals surface area contributed by atoms with Gasteiger partial charge in [0.1, 0.15) is 5.75 Å². The number of unbranched alkanes of at least 4 members (excludes halogenated alkanes) is 2. The molecule has 0 unspecified atom stereocenters. The van der Waals surface area contributed by atoms with Gasteiger partial charge >= 0.3 is 5.97 Å². The Kier molecular flexibility index (Phi) is 7.46. The first kappa shape index (κ1) is 21.1. The minimum atomic E-state index is -0.388. The van der Waals surface area contributed by atoms with Crippen molar-refractivity contribution in [2.24, 2.45) is 5.10 Å². The number of ether oxygens (including phenoxy) is 2. The summed E-state index contributed by atoms with van der Waals surface area (Å²) in [5, 5.41) is 13.4. The molecule has 1 aromatic carbocycles. The Morgan fingerprint density at radius 3 is 2.72 bits per heavy atom. The van der Waals surface area contributed by atoms with Crippen molar-refractivity contribution in [1.29, 1.82) is 0 Å². The van der Waals surface area contributed by atoms with Gasteiger partial charge < -0.3 is 9.47 Å². The molecule has 0 fully saturated rings. The van der Waals surface area contributed by atoms with E-state index in [0.717, 1.165) is 29.3 Å². The normalized spacial score (nSPS) is 13.6. The largest absolute Gasteiger partial charge is 0.494 e. The molecule has 0 radical (unpaired) electrons. The van der Waals surface area contributed by atoms with Crippen LogP contribution < -0.4 is 4.74 Å². The summed E-state index contributed by atoms with van der Waals surface area (Å²) in [6, 6.07) is 7.70. The molecule has 0 N–H and O–H groups in total. The number of aromatic nitrogens is 3. The number of carbonyl (C=O) groups excluding carboxylic acids is 1. The molecule has 8 heteroatoms. The number of fused-ring (bicyclic) bond motifs is 1. The molecule has 1 aliphatic rings. The third-order valence-corrected chi connectivity index (χ3v) is 5.27. The predicted octanol–water partition coefficient (Wildman–Crippen LogP) is 4.11. The fraction of sp³-hybridized carbons (Fsp3) is 0.429. The zero-order valence-corrected chi connectivity index (χ0v) is 17.9. The standard InChI is InChI=1S/C21H26N4O3S/c1-4-6-7-12-28-17-10-8-16(9-11-17)13-18(20(26)27-5-2)19-14-29-21-23-22-15(3)25(21)24-19/h8-11,13H,4-7,12,14H2,1-3H3/b18-13-. The average molecular weight is 415 g/mol. The summed E-state index contributed by atoms with van der Waals surface area (Å²) in [6.45, 7) is 6.81. The number of thioether (sulfide) groups is 1. The Bertz CT molecular complexity index is 903. The molecular weight excluding hydrogens is 388 g/mol. The van der Waals surface area contributed by atoms with Crippen molar-refractivity contribution in [3.63, 3.8) is 0 Å². The van der Waals surface area contributed by atoms with E-state index in [-0.39, 0.29) is 5.97 Å². The molecule has 1 aromatic heterocycles. The van der Waals surface area contributed by atoms with Crippen LogP contribution in [-0.2, 0) is 9.53 Å². The zero-order valence-electron chi connectivity index (χ0n) is 17.1. The maximum absolute atomic E-state index is 12.6. The molecule has 2 aromatic rings. The first-order valence-corrected chi connectivity index (χ1v) is 10.9. The number of nitrogens with zero attached hydrogens (tertiary/aromatic N) is 4. The van der Waals surface area contributed by atoms with Crippen molar-refractivity contribution < 1.29 is 14.3 Å². The van der Waals surface area contributed by atoms with Crippen LogP contribution in [0, 0.1) is 6.92 Å². The molecule has 154 valence electrons. The highest BCUT2D eigenvalue weighted by Gasteiger charge is 2.24. The van der Waals surface area contributed by atoms with Crippen molar-refractivity contribution in [3.05, 3.63) is 41.2 Å². The van der Waals surface area contributed by atoms with Crippen molar-refractivity contribution in [2.45, 2.75) is 45.2 Å². The number of hydrogen-bond acceptors (Lipinski definition) is 7. The lowest BCUT2D eigenvalue weighted by Crippen LogP contribution is -2.21. The predicted molar refractivity (Wildman–Crippen MR) is 114 cm³/mol. The summed E-state index contributed by atoms with van der Waals surface area (Å²) in [5.41, 5.74) is 1.96. The third-order valence-electron chi connectivity index (χ3n) is 4.34. The highest BCUT2D eigenvalue weighted by molar-refractivity contribution is 7.99. The molecule has 0 spiro atoms. The summed E-state index contributed by atoms with van der Waals surface area (Å²) in [5.74, 6) is 1.64. The molecule has 1 aliphatic heterocycles. The number of aryl methyl sites for hydroxylation is 1. The smallest absolute Gasteiger partial charge is 0.340 e. The lowest BCUT2D eigenvalue weighted by molar-refractivity contribution is -0.137. The van der Waals surface area contributed by atoms with E-state index in [9.17, 15) is 4.79 Å². The van der Waals surface area contributed by atoms with Gasteiger partial charge in [-0.25, -0.2) is 4.79 Å². The highest BCUT2D eigenvalue weighted by atomic mass is 32.2. The fourth-order valence-electron chi connectivity index (χ4n) is 2.80. The number of rotatable bonds is 9. The second-order valence-electron chi connectivity index (χ2n) is 6.58. The second-order valence-corrected chi connectivity index (χ2v) is 7.52. The van der Waals surface area contributed by atoms with E-state index in [1.54, 1.807) is 11.6 Å². The van der Waals surface area contributed by atoms with Gasteiger partial charge in [-0.15, -0.1) is 10.2 Å². The first-order chi connectivity index (χ1) is 14.1. The van der Waals surface area contributed by atoms with Crippen molar-refractivity contribution in [2.75, 3.05) is 19.0 Å². The van der Waals surface area contributed by atoms with Crippen LogP contribution in [0.3, 0.4) is 0 Å². The minimum absolute atomic E-state index is 0.304. The highest BCUT2D eigenvalue weighted by Crippen LogP contribution is 2.25. The van der Waals surface area contributed by atoms with Crippen molar-refractivity contribution in [3.8, 4) is 5.75 Å². The Morgan fingerprint density at radius 2 is 2.00 bits per heavy atom. The zero-order chi connectivity index (χ0) is 20.6. The third kappa shape index (κ3) is 5.47. The van der Waals surface area contributed by atoms with Crippen LogP contribution in [0.2, 0.25) is 0 Å². The molecule has 0 saturated carbocycles. The van der Waals surface area contributed by atoms with E-state index >= 15 is 0 Å². The number of benzene rings is 1. The average Bonchev–Trinajstić information content (AvgIpc) is 3.11. The van der Waals surface area contributed by atoms with E-state index in [2.05, 4.69) is 22.2 Å². The molecule has 0 aliphatic carbocycles. The van der Waals surface area contributed by atoms with Crippen LogP contribution in [0.1, 0.15) is 44.5 Å². The lowest BCUT2D eigenvalue weighted by Gasteiger charge is -2.15. The van der Waals surface area contributed by atoms with Crippen LogP contribution >= 0.6 is 11.8 Å². The van der Waals surface area contributed by atoms with E-state index in [1.165, 1.54) is 18.2 Å². The van der Waals surface area contributed by atoms with Crippen LogP contribution in [0.4, 0.5) is 0 Å². The Morgan fingerprint density at radius 1 is 1.21 bits per heavy atom. The van der Waals surface area contributed by atoms with E-state index in [0.29, 0.717) is 36.1 Å². The lowest BCUT2D eigenvalue weighted by atomic mass is 10.1. The Labute approximate surface area is 175 Å². The first-order valence-electron chi connectivity index (χ1n) is 9.87. The molecular formula is C21H26N4O3S. The SMILES string of the molecule is CCCCCOc1ccc(/C=C(\C(=O)OCC)C2=Nn3c(C)nnc3SC2)cc1. The van der Waals surface area contributed by atoms with Gasteiger partial charge in [-0.05, 0) is 44.0 Å². The number of esters is 1. The quantitative estimate of drug-likeness (QED) is 0.349. The van der Waals surface area contributed by atoms with Gasteiger partial charge in [0.25, 0.3) is 0 Å². The van der Waals surface area contributed by atoms with Crippen molar-refractivity contribution >= 4 is 29.5 Å². The Balaban J connectivity index is 1.82. The van der Waals surface area contributed by atoms with Gasteiger partial charge in [0, 0.05) is 5.75 Å². The van der Waals surface area contributed by atoms with Gasteiger partial charge in [0.2, 0.25) is 5.16 Å². The fourth-order valence-corrected chi connectivity index (χ4v) is 3.67. The topological polar surface area (TPSA) is 78.6 Å². The van der Waals surface area contributed by atoms with E-state index in [4.69, 9.17) is 9.47 Å². The summed E-state index contributed by atoms with van der Waals surface area (Å²) >= 11 is 1.50. The van der Waals surface area contributed by atoms with Crippen LogP contribution in [0.25, 0.3) is 6.08 Å². The van der Waals surface area contributed by atoms with Crippen LogP contribution in [0.5, 0.6) is 5.75 Å². The number of carbonyl (C=O) groups is 1. The molecule has 0 bridgehead atoms. The molecule has 3 rings (SSSR count). The van der Waals surface area contributed by atoms with Crippen LogP contribution in [-0.4, -0.2) is 45.5 Å². The molecule has 2 heterocycles.